The first-order valence-corrected chi connectivity index (χ1v) is 10.7. The topological polar surface area (TPSA) is 65.6 Å². The van der Waals surface area contributed by atoms with E-state index in [0.29, 0.717) is 0 Å². The summed E-state index contributed by atoms with van der Waals surface area (Å²) >= 11 is 0. The number of nitrogens with one attached hydrogen (secondary N) is 3. The lowest BCUT2D eigenvalue weighted by molar-refractivity contribution is 0.738. The van der Waals surface area contributed by atoms with E-state index in [2.05, 4.69) is 62.0 Å². The lowest BCUT2D eigenvalue weighted by Gasteiger charge is -2.21. The molecule has 0 aliphatic carbocycles. The third-order valence-electron chi connectivity index (χ3n) is 6.09. The van der Waals surface area contributed by atoms with Gasteiger partial charge in [0.25, 0.3) is 0 Å². The summed E-state index contributed by atoms with van der Waals surface area (Å²) in [6, 6.07) is 17.0. The average Bonchev–Trinajstić information content (AvgIpc) is 3.29. The van der Waals surface area contributed by atoms with E-state index in [1.54, 1.807) is 0 Å². The maximum Gasteiger partial charge on any atom is 0.0979 e. The van der Waals surface area contributed by atoms with Gasteiger partial charge in [-0.05, 0) is 60.5 Å². The first-order valence-electron chi connectivity index (χ1n) is 10.7. The number of nitrogens with zero attached hydrogens (tertiary/aromatic N) is 2. The zero-order valence-corrected chi connectivity index (χ0v) is 17.2. The van der Waals surface area contributed by atoms with Gasteiger partial charge in [-0.15, -0.1) is 0 Å². The van der Waals surface area contributed by atoms with Crippen molar-refractivity contribution in [2.45, 2.75) is 6.42 Å². The van der Waals surface area contributed by atoms with Crippen molar-refractivity contribution in [3.63, 3.8) is 0 Å². The Balaban J connectivity index is 1.46. The molecule has 0 bridgehead atoms. The quantitative estimate of drug-likeness (QED) is 0.455. The summed E-state index contributed by atoms with van der Waals surface area (Å²) < 4.78 is 0. The summed E-state index contributed by atoms with van der Waals surface area (Å²) in [5, 5.41) is 8.01. The van der Waals surface area contributed by atoms with E-state index in [4.69, 9.17) is 0 Å². The van der Waals surface area contributed by atoms with Crippen molar-refractivity contribution in [1.29, 1.82) is 0 Å². The van der Waals surface area contributed by atoms with E-state index in [1.165, 1.54) is 28.0 Å². The van der Waals surface area contributed by atoms with Crippen LogP contribution in [0.25, 0.3) is 33.4 Å². The van der Waals surface area contributed by atoms with Gasteiger partial charge in [0, 0.05) is 58.9 Å². The molecule has 0 radical (unpaired) electrons. The largest absolute Gasteiger partial charge is 0.381 e. The molecule has 3 N–H and O–H groups in total. The normalized spacial score (nSPS) is 15.7. The van der Waals surface area contributed by atoms with Gasteiger partial charge in [-0.1, -0.05) is 24.3 Å². The number of rotatable bonds is 3. The van der Waals surface area contributed by atoms with E-state index in [9.17, 15) is 0 Å². The second-order valence-corrected chi connectivity index (χ2v) is 7.96. The van der Waals surface area contributed by atoms with Crippen LogP contribution in [0.2, 0.25) is 0 Å². The average molecular weight is 406 g/mol. The summed E-state index contributed by atoms with van der Waals surface area (Å²) in [6.45, 7) is 2.79. The number of pyridine rings is 2. The van der Waals surface area contributed by atoms with Gasteiger partial charge in [0.2, 0.25) is 0 Å². The Morgan fingerprint density at radius 3 is 2.74 bits per heavy atom. The SMILES string of the molecule is C1=C(c2ccc3c(c2)C(c2cc4c(-c5ccccn5)nccc4[nH]2)=CCN3)CCNC1. The Kier molecular flexibility index (Phi) is 4.39. The van der Waals surface area contributed by atoms with E-state index in [0.717, 1.165) is 54.0 Å². The zero-order chi connectivity index (χ0) is 20.6. The summed E-state index contributed by atoms with van der Waals surface area (Å²) in [7, 11) is 0. The van der Waals surface area contributed by atoms with Crippen molar-refractivity contribution in [2.75, 3.05) is 25.0 Å². The lowest BCUT2D eigenvalue weighted by atomic mass is 9.92. The molecule has 152 valence electrons. The predicted octanol–water partition coefficient (Wildman–Crippen LogP) is 4.86. The Labute approximate surface area is 181 Å². The number of benzene rings is 1. The van der Waals surface area contributed by atoms with Crippen LogP contribution in [0.5, 0.6) is 0 Å². The molecule has 4 aromatic rings. The van der Waals surface area contributed by atoms with E-state index in [-0.39, 0.29) is 0 Å². The highest BCUT2D eigenvalue weighted by molar-refractivity contribution is 5.98. The van der Waals surface area contributed by atoms with Crippen molar-refractivity contribution in [3.8, 4) is 11.4 Å². The number of fused-ring (bicyclic) bond motifs is 2. The van der Waals surface area contributed by atoms with Crippen molar-refractivity contribution in [2.24, 2.45) is 0 Å². The van der Waals surface area contributed by atoms with Crippen LogP contribution in [-0.4, -0.2) is 34.6 Å². The number of hydrogen-bond donors (Lipinski definition) is 3. The van der Waals surface area contributed by atoms with E-state index < -0.39 is 0 Å². The molecule has 0 saturated carbocycles. The molecule has 0 fully saturated rings. The van der Waals surface area contributed by atoms with Crippen molar-refractivity contribution in [3.05, 3.63) is 89.9 Å². The third-order valence-corrected chi connectivity index (χ3v) is 6.09. The fourth-order valence-electron chi connectivity index (χ4n) is 4.54. The zero-order valence-electron chi connectivity index (χ0n) is 17.2. The highest BCUT2D eigenvalue weighted by atomic mass is 14.9. The van der Waals surface area contributed by atoms with Crippen LogP contribution >= 0.6 is 0 Å². The second-order valence-electron chi connectivity index (χ2n) is 7.96. The summed E-state index contributed by atoms with van der Waals surface area (Å²) in [4.78, 5) is 12.8. The van der Waals surface area contributed by atoms with E-state index >= 15 is 0 Å². The Morgan fingerprint density at radius 1 is 0.871 bits per heavy atom. The third kappa shape index (κ3) is 3.23. The Bertz CT molecular complexity index is 1330. The molecular formula is C26H23N5. The first-order chi connectivity index (χ1) is 15.4. The van der Waals surface area contributed by atoms with Gasteiger partial charge in [-0.25, -0.2) is 0 Å². The van der Waals surface area contributed by atoms with Crippen LogP contribution in [0.4, 0.5) is 5.69 Å². The van der Waals surface area contributed by atoms with Crippen molar-refractivity contribution >= 4 is 27.7 Å². The molecule has 31 heavy (non-hydrogen) atoms. The van der Waals surface area contributed by atoms with Gasteiger partial charge in [-0.2, -0.15) is 0 Å². The molecule has 1 aromatic carbocycles. The van der Waals surface area contributed by atoms with Gasteiger partial charge in [0.15, 0.2) is 0 Å². The molecule has 2 aliphatic heterocycles. The van der Waals surface area contributed by atoms with Crippen LogP contribution in [0.15, 0.2) is 73.1 Å². The van der Waals surface area contributed by atoms with Gasteiger partial charge in [-0.3, -0.25) is 9.97 Å². The van der Waals surface area contributed by atoms with Crippen LogP contribution in [0, 0.1) is 0 Å². The summed E-state index contributed by atoms with van der Waals surface area (Å²) in [5.74, 6) is 0. The molecule has 0 unspecified atom stereocenters. The second kappa shape index (κ2) is 7.52. The predicted molar refractivity (Wildman–Crippen MR) is 127 cm³/mol. The fourth-order valence-corrected chi connectivity index (χ4v) is 4.54. The molecule has 5 heterocycles. The lowest BCUT2D eigenvalue weighted by Crippen LogP contribution is -2.20. The van der Waals surface area contributed by atoms with Crippen molar-refractivity contribution in [1.82, 2.24) is 20.3 Å². The molecule has 0 amide bonds. The van der Waals surface area contributed by atoms with E-state index in [1.807, 2.05) is 36.7 Å². The standard InChI is InChI=1S/C26H23N5/c1-2-10-28-24(3-1)26-21-16-25(31-23(21)9-14-30-26)19-8-13-29-22-5-4-18(15-20(19)22)17-6-11-27-12-7-17/h1-6,8-10,14-16,27,29,31H,7,11-13H2. The molecular weight excluding hydrogens is 382 g/mol. The van der Waals surface area contributed by atoms with Crippen LogP contribution in [0.1, 0.15) is 23.2 Å². The molecule has 0 atom stereocenters. The fraction of sp³-hybridized carbons (Fsp3) is 0.154. The smallest absolute Gasteiger partial charge is 0.0979 e. The minimum absolute atomic E-state index is 0.814. The molecule has 0 saturated heterocycles. The molecule has 3 aromatic heterocycles. The van der Waals surface area contributed by atoms with Gasteiger partial charge < -0.3 is 15.6 Å². The van der Waals surface area contributed by atoms with Gasteiger partial charge in [0.05, 0.1) is 11.4 Å². The van der Waals surface area contributed by atoms with Crippen LogP contribution in [-0.2, 0) is 0 Å². The molecule has 5 nitrogen and oxygen atoms in total. The summed E-state index contributed by atoms with van der Waals surface area (Å²) in [5.41, 5.74) is 10.4. The number of H-pyrrole nitrogens is 1. The highest BCUT2D eigenvalue weighted by Crippen LogP contribution is 2.37. The molecule has 0 spiro atoms. The number of aromatic nitrogens is 3. The van der Waals surface area contributed by atoms with Crippen LogP contribution < -0.4 is 10.6 Å². The minimum atomic E-state index is 0.814. The number of anilines is 1. The van der Waals surface area contributed by atoms with Gasteiger partial charge in [0.1, 0.15) is 0 Å². The maximum atomic E-state index is 4.63. The summed E-state index contributed by atoms with van der Waals surface area (Å²) in [6.07, 6.45) is 9.29. The van der Waals surface area contributed by atoms with Crippen molar-refractivity contribution < 1.29 is 0 Å². The molecule has 5 heteroatoms. The maximum absolute atomic E-state index is 4.63. The number of aromatic amines is 1. The van der Waals surface area contributed by atoms with Gasteiger partial charge >= 0.3 is 0 Å². The highest BCUT2D eigenvalue weighted by Gasteiger charge is 2.19. The monoisotopic (exact) mass is 405 g/mol. The Morgan fingerprint density at radius 2 is 1.87 bits per heavy atom. The Hall–Kier alpha value is -3.70. The number of hydrogen-bond acceptors (Lipinski definition) is 4. The first kappa shape index (κ1) is 18.1. The minimum Gasteiger partial charge on any atom is -0.381 e. The van der Waals surface area contributed by atoms with Crippen LogP contribution in [0.3, 0.4) is 0 Å². The molecule has 2 aliphatic rings. The molecule has 6 rings (SSSR count).